The van der Waals surface area contributed by atoms with Crippen LogP contribution in [0, 0.1) is 0 Å². The Morgan fingerprint density at radius 3 is 2.45 bits per heavy atom. The SMILES string of the molecule is CCN(CC)c1ccc(/C=C/C(=O)c2c(O)c3ccccc3n(C)c2=O)c(O)c1. The summed E-state index contributed by atoms with van der Waals surface area (Å²) in [6.07, 6.45) is 2.63. The fourth-order valence-corrected chi connectivity index (χ4v) is 3.41. The molecule has 2 aromatic carbocycles. The highest BCUT2D eigenvalue weighted by Gasteiger charge is 2.19. The molecule has 6 nitrogen and oxygen atoms in total. The number of hydrogen-bond acceptors (Lipinski definition) is 5. The Hall–Kier alpha value is -3.54. The number of aromatic hydroxyl groups is 2. The lowest BCUT2D eigenvalue weighted by Gasteiger charge is -2.21. The predicted octanol–water partition coefficient (Wildman–Crippen LogP) is 3.69. The molecule has 1 aromatic heterocycles. The van der Waals surface area contributed by atoms with Gasteiger partial charge in [-0.1, -0.05) is 12.1 Å². The average Bonchev–Trinajstić information content (AvgIpc) is 2.72. The maximum absolute atomic E-state index is 12.7. The van der Waals surface area contributed by atoms with Crippen LogP contribution in [0.2, 0.25) is 0 Å². The number of phenols is 1. The third kappa shape index (κ3) is 3.74. The highest BCUT2D eigenvalue weighted by atomic mass is 16.3. The number of hydrogen-bond donors (Lipinski definition) is 2. The van der Waals surface area contributed by atoms with E-state index in [0.29, 0.717) is 16.5 Å². The van der Waals surface area contributed by atoms with Crippen LogP contribution in [0.1, 0.15) is 29.8 Å². The number of carbonyl (C=O) groups is 1. The van der Waals surface area contributed by atoms with Gasteiger partial charge in [0.15, 0.2) is 5.78 Å². The molecule has 0 saturated heterocycles. The number of para-hydroxylation sites is 1. The van der Waals surface area contributed by atoms with Crippen LogP contribution in [-0.2, 0) is 7.05 Å². The maximum atomic E-state index is 12.7. The number of anilines is 1. The van der Waals surface area contributed by atoms with Gasteiger partial charge in [-0.05, 0) is 50.3 Å². The lowest BCUT2D eigenvalue weighted by molar-refractivity contribution is 0.104. The Morgan fingerprint density at radius 2 is 1.79 bits per heavy atom. The van der Waals surface area contributed by atoms with Crippen LogP contribution >= 0.6 is 0 Å². The number of nitrogens with zero attached hydrogens (tertiary/aromatic N) is 2. The molecule has 0 fully saturated rings. The second-order valence-electron chi connectivity index (χ2n) is 6.72. The number of aromatic nitrogens is 1. The first-order valence-electron chi connectivity index (χ1n) is 9.50. The highest BCUT2D eigenvalue weighted by Crippen LogP contribution is 2.28. The van der Waals surface area contributed by atoms with Crippen molar-refractivity contribution < 1.29 is 15.0 Å². The van der Waals surface area contributed by atoms with Crippen LogP contribution in [0.4, 0.5) is 5.69 Å². The minimum Gasteiger partial charge on any atom is -0.507 e. The van der Waals surface area contributed by atoms with Crippen molar-refractivity contribution in [3.8, 4) is 11.5 Å². The van der Waals surface area contributed by atoms with Gasteiger partial charge in [0.05, 0.1) is 5.52 Å². The second-order valence-corrected chi connectivity index (χ2v) is 6.72. The van der Waals surface area contributed by atoms with E-state index in [1.165, 1.54) is 16.7 Å². The summed E-state index contributed by atoms with van der Waals surface area (Å²) in [5, 5.41) is 21.2. The fraction of sp³-hybridized carbons (Fsp3) is 0.217. The molecule has 29 heavy (non-hydrogen) atoms. The first-order chi connectivity index (χ1) is 13.9. The van der Waals surface area contributed by atoms with Crippen molar-refractivity contribution in [3.05, 3.63) is 70.0 Å². The molecule has 0 radical (unpaired) electrons. The zero-order valence-electron chi connectivity index (χ0n) is 16.7. The summed E-state index contributed by atoms with van der Waals surface area (Å²) in [5.74, 6) is -0.922. The molecule has 0 aliphatic heterocycles. The maximum Gasteiger partial charge on any atom is 0.265 e. The first-order valence-corrected chi connectivity index (χ1v) is 9.50. The number of allylic oxidation sites excluding steroid dienone is 1. The smallest absolute Gasteiger partial charge is 0.265 e. The Morgan fingerprint density at radius 1 is 1.10 bits per heavy atom. The van der Waals surface area contributed by atoms with Gasteiger partial charge in [-0.2, -0.15) is 0 Å². The van der Waals surface area contributed by atoms with Crippen molar-refractivity contribution in [3.63, 3.8) is 0 Å². The lowest BCUT2D eigenvalue weighted by Crippen LogP contribution is -2.24. The van der Waals surface area contributed by atoms with E-state index in [0.717, 1.165) is 18.8 Å². The van der Waals surface area contributed by atoms with Crippen molar-refractivity contribution >= 4 is 28.4 Å². The van der Waals surface area contributed by atoms with Gasteiger partial charge in [-0.3, -0.25) is 9.59 Å². The number of aryl methyl sites for hydroxylation is 1. The van der Waals surface area contributed by atoms with Crippen molar-refractivity contribution in [2.75, 3.05) is 18.0 Å². The van der Waals surface area contributed by atoms with E-state index >= 15 is 0 Å². The molecule has 0 saturated carbocycles. The summed E-state index contributed by atoms with van der Waals surface area (Å²) in [6.45, 7) is 5.69. The number of rotatable bonds is 6. The number of pyridine rings is 1. The quantitative estimate of drug-likeness (QED) is 0.494. The summed E-state index contributed by atoms with van der Waals surface area (Å²) in [5.41, 5.74) is 1.02. The molecular formula is C23H24N2O4. The van der Waals surface area contributed by atoms with Crippen LogP contribution in [0.3, 0.4) is 0 Å². The van der Waals surface area contributed by atoms with Gasteiger partial charge in [-0.25, -0.2) is 0 Å². The molecular weight excluding hydrogens is 368 g/mol. The van der Waals surface area contributed by atoms with Crippen LogP contribution in [0.25, 0.3) is 17.0 Å². The molecule has 0 spiro atoms. The molecule has 3 rings (SSSR count). The Kier molecular flexibility index (Phi) is 5.73. The molecule has 1 heterocycles. The molecule has 0 aliphatic carbocycles. The predicted molar refractivity (Wildman–Crippen MR) is 116 cm³/mol. The molecule has 6 heteroatoms. The molecule has 3 aromatic rings. The Balaban J connectivity index is 1.97. The summed E-state index contributed by atoms with van der Waals surface area (Å²) in [6, 6.07) is 12.1. The molecule has 0 atom stereocenters. The van der Waals surface area contributed by atoms with Crippen LogP contribution in [0.15, 0.2) is 53.3 Å². The molecule has 150 valence electrons. The zero-order valence-corrected chi connectivity index (χ0v) is 16.7. The molecule has 0 aliphatic rings. The summed E-state index contributed by atoms with van der Waals surface area (Å²) < 4.78 is 1.34. The normalized spacial score (nSPS) is 11.3. The van der Waals surface area contributed by atoms with E-state index in [9.17, 15) is 19.8 Å². The largest absolute Gasteiger partial charge is 0.507 e. The van der Waals surface area contributed by atoms with E-state index in [1.54, 1.807) is 43.4 Å². The van der Waals surface area contributed by atoms with E-state index in [4.69, 9.17) is 0 Å². The molecule has 0 bridgehead atoms. The topological polar surface area (TPSA) is 82.8 Å². The number of ketones is 1. The van der Waals surface area contributed by atoms with Crippen LogP contribution in [0.5, 0.6) is 11.5 Å². The van der Waals surface area contributed by atoms with Gasteiger partial charge in [0.1, 0.15) is 17.1 Å². The number of phenolic OH excluding ortho intramolecular Hbond substituents is 1. The monoisotopic (exact) mass is 392 g/mol. The van der Waals surface area contributed by atoms with E-state index in [-0.39, 0.29) is 17.1 Å². The number of benzene rings is 2. The summed E-state index contributed by atoms with van der Waals surface area (Å²) in [7, 11) is 1.56. The van der Waals surface area contributed by atoms with Crippen molar-refractivity contribution in [1.82, 2.24) is 4.57 Å². The van der Waals surface area contributed by atoms with Gasteiger partial charge in [0.25, 0.3) is 5.56 Å². The third-order valence-corrected chi connectivity index (χ3v) is 5.08. The number of carbonyl (C=O) groups excluding carboxylic acids is 1. The standard InChI is InChI=1S/C23H24N2O4/c1-4-25(5-2)16-12-10-15(20(27)14-16)11-13-19(26)21-22(28)17-8-6-7-9-18(17)24(3)23(21)29/h6-14,27-28H,4-5H2,1-3H3/b13-11+. The minimum atomic E-state index is -0.624. The van der Waals surface area contributed by atoms with Gasteiger partial charge in [0, 0.05) is 42.8 Å². The van der Waals surface area contributed by atoms with E-state index < -0.39 is 11.3 Å². The van der Waals surface area contributed by atoms with E-state index in [1.807, 2.05) is 19.9 Å². The first kappa shape index (κ1) is 20.2. The minimum absolute atomic E-state index is 0.0362. The Labute approximate surface area is 169 Å². The number of fused-ring (bicyclic) bond motifs is 1. The second kappa shape index (κ2) is 8.22. The lowest BCUT2D eigenvalue weighted by atomic mass is 10.1. The highest BCUT2D eigenvalue weighted by molar-refractivity contribution is 6.11. The van der Waals surface area contributed by atoms with Gasteiger partial charge in [-0.15, -0.1) is 0 Å². The molecule has 2 N–H and O–H groups in total. The van der Waals surface area contributed by atoms with Crippen molar-refractivity contribution in [1.29, 1.82) is 0 Å². The molecule has 0 amide bonds. The van der Waals surface area contributed by atoms with Gasteiger partial charge in [0.2, 0.25) is 0 Å². The average molecular weight is 392 g/mol. The zero-order chi connectivity index (χ0) is 21.1. The third-order valence-electron chi connectivity index (χ3n) is 5.08. The van der Waals surface area contributed by atoms with Crippen molar-refractivity contribution in [2.45, 2.75) is 13.8 Å². The van der Waals surface area contributed by atoms with E-state index in [2.05, 4.69) is 4.90 Å². The van der Waals surface area contributed by atoms with Crippen LogP contribution < -0.4 is 10.5 Å². The fourth-order valence-electron chi connectivity index (χ4n) is 3.41. The Bertz CT molecular complexity index is 1160. The van der Waals surface area contributed by atoms with Gasteiger partial charge >= 0.3 is 0 Å². The summed E-state index contributed by atoms with van der Waals surface area (Å²) in [4.78, 5) is 27.4. The molecule has 0 unspecified atom stereocenters. The van der Waals surface area contributed by atoms with Crippen molar-refractivity contribution in [2.24, 2.45) is 7.05 Å². The summed E-state index contributed by atoms with van der Waals surface area (Å²) >= 11 is 0. The van der Waals surface area contributed by atoms with Gasteiger partial charge < -0.3 is 19.7 Å². The van der Waals surface area contributed by atoms with Crippen LogP contribution in [-0.4, -0.2) is 33.7 Å².